The average Bonchev–Trinajstić information content (AvgIpc) is 2.21. The quantitative estimate of drug-likeness (QED) is 0.780. The largest absolute Gasteiger partial charge is 0.381 e. The van der Waals surface area contributed by atoms with Crippen molar-refractivity contribution in [2.45, 2.75) is 39.2 Å². The van der Waals surface area contributed by atoms with Crippen LogP contribution in [-0.2, 0) is 0 Å². The Bertz CT molecular complexity index is 292. The molecule has 1 N–H and O–H groups in total. The summed E-state index contributed by atoms with van der Waals surface area (Å²) in [5.41, 5.74) is 1.15. The lowest BCUT2D eigenvalue weighted by Crippen LogP contribution is -2.15. The van der Waals surface area contributed by atoms with Crippen LogP contribution >= 0.6 is 31.9 Å². The highest BCUT2D eigenvalue weighted by molar-refractivity contribution is 9.11. The molecular formula is C12H17Br2N. The summed E-state index contributed by atoms with van der Waals surface area (Å²) in [6.07, 6.45) is 3.74. The molecule has 0 aliphatic carbocycles. The van der Waals surface area contributed by atoms with Gasteiger partial charge in [-0.05, 0) is 57.3 Å². The highest BCUT2D eigenvalue weighted by Gasteiger charge is 2.07. The number of unbranched alkanes of at least 4 members (excludes halogenated alkanes) is 1. The molecule has 1 unspecified atom stereocenters. The third kappa shape index (κ3) is 4.15. The van der Waals surface area contributed by atoms with Gasteiger partial charge in [-0.2, -0.15) is 0 Å². The number of hydrogen-bond donors (Lipinski definition) is 1. The van der Waals surface area contributed by atoms with Gasteiger partial charge in [0.05, 0.1) is 5.69 Å². The molecule has 1 atom stereocenters. The molecule has 1 aromatic rings. The van der Waals surface area contributed by atoms with E-state index in [1.54, 1.807) is 0 Å². The van der Waals surface area contributed by atoms with Crippen LogP contribution in [0.4, 0.5) is 5.69 Å². The van der Waals surface area contributed by atoms with Crippen molar-refractivity contribution in [2.24, 2.45) is 0 Å². The van der Waals surface area contributed by atoms with E-state index < -0.39 is 0 Å². The maximum Gasteiger partial charge on any atom is 0.0631 e. The average molecular weight is 335 g/mol. The fourth-order valence-electron chi connectivity index (χ4n) is 1.46. The monoisotopic (exact) mass is 333 g/mol. The van der Waals surface area contributed by atoms with Gasteiger partial charge in [0.15, 0.2) is 0 Å². The Morgan fingerprint density at radius 1 is 1.27 bits per heavy atom. The second-order valence-electron chi connectivity index (χ2n) is 3.78. The summed E-state index contributed by atoms with van der Waals surface area (Å²) in [5, 5.41) is 3.52. The number of para-hydroxylation sites is 1. The summed E-state index contributed by atoms with van der Waals surface area (Å²) in [7, 11) is 0. The Hall–Kier alpha value is -0.0200. The highest BCUT2D eigenvalue weighted by Crippen LogP contribution is 2.31. The van der Waals surface area contributed by atoms with Crippen molar-refractivity contribution >= 4 is 37.5 Å². The number of rotatable bonds is 5. The van der Waals surface area contributed by atoms with Gasteiger partial charge in [0.2, 0.25) is 0 Å². The van der Waals surface area contributed by atoms with Gasteiger partial charge in [-0.3, -0.25) is 0 Å². The minimum absolute atomic E-state index is 0.514. The van der Waals surface area contributed by atoms with Gasteiger partial charge in [0.1, 0.15) is 0 Å². The molecule has 0 heterocycles. The lowest BCUT2D eigenvalue weighted by Gasteiger charge is -2.17. The molecule has 0 radical (unpaired) electrons. The molecule has 1 nitrogen and oxygen atoms in total. The lowest BCUT2D eigenvalue weighted by molar-refractivity contribution is 0.644. The summed E-state index contributed by atoms with van der Waals surface area (Å²) in [4.78, 5) is 0. The van der Waals surface area contributed by atoms with E-state index in [9.17, 15) is 0 Å². The lowest BCUT2D eigenvalue weighted by atomic mass is 10.1. The molecule has 0 saturated heterocycles. The van der Waals surface area contributed by atoms with E-state index in [0.29, 0.717) is 6.04 Å². The van der Waals surface area contributed by atoms with E-state index in [1.807, 2.05) is 6.07 Å². The predicted molar refractivity (Wildman–Crippen MR) is 74.5 cm³/mol. The van der Waals surface area contributed by atoms with Crippen molar-refractivity contribution in [3.8, 4) is 0 Å². The molecule has 0 fully saturated rings. The Balaban J connectivity index is 2.63. The zero-order valence-corrected chi connectivity index (χ0v) is 12.4. The van der Waals surface area contributed by atoms with Gasteiger partial charge in [0, 0.05) is 15.0 Å². The van der Waals surface area contributed by atoms with Crippen LogP contribution in [0.2, 0.25) is 0 Å². The minimum atomic E-state index is 0.514. The standard InChI is InChI=1S/C12H17Br2N/c1-3-4-6-9(2)15-12-10(13)7-5-8-11(12)14/h5,7-9,15H,3-4,6H2,1-2H3. The molecule has 0 bridgehead atoms. The molecule has 1 aromatic carbocycles. The van der Waals surface area contributed by atoms with Crippen molar-refractivity contribution < 1.29 is 0 Å². The highest BCUT2D eigenvalue weighted by atomic mass is 79.9. The molecule has 0 spiro atoms. The first kappa shape index (κ1) is 13.0. The van der Waals surface area contributed by atoms with Crippen molar-refractivity contribution in [1.29, 1.82) is 0 Å². The van der Waals surface area contributed by atoms with Crippen LogP contribution in [0.25, 0.3) is 0 Å². The van der Waals surface area contributed by atoms with E-state index in [4.69, 9.17) is 0 Å². The Labute approximate surface area is 109 Å². The molecule has 0 amide bonds. The topological polar surface area (TPSA) is 12.0 Å². The second kappa shape index (κ2) is 6.54. The van der Waals surface area contributed by atoms with Crippen LogP contribution in [0, 0.1) is 0 Å². The predicted octanol–water partition coefficient (Wildman–Crippen LogP) is 5.20. The van der Waals surface area contributed by atoms with Gasteiger partial charge >= 0.3 is 0 Å². The zero-order valence-electron chi connectivity index (χ0n) is 9.19. The van der Waals surface area contributed by atoms with Gasteiger partial charge in [0.25, 0.3) is 0 Å². The summed E-state index contributed by atoms with van der Waals surface area (Å²) in [6, 6.07) is 6.65. The van der Waals surface area contributed by atoms with E-state index in [2.05, 4.69) is 63.2 Å². The van der Waals surface area contributed by atoms with Crippen LogP contribution in [0.3, 0.4) is 0 Å². The molecule has 0 aliphatic heterocycles. The van der Waals surface area contributed by atoms with Gasteiger partial charge in [-0.15, -0.1) is 0 Å². The summed E-state index contributed by atoms with van der Waals surface area (Å²) in [5.74, 6) is 0. The Morgan fingerprint density at radius 3 is 2.40 bits per heavy atom. The second-order valence-corrected chi connectivity index (χ2v) is 5.49. The van der Waals surface area contributed by atoms with Crippen LogP contribution < -0.4 is 5.32 Å². The summed E-state index contributed by atoms with van der Waals surface area (Å²) >= 11 is 7.10. The number of nitrogens with one attached hydrogen (secondary N) is 1. The smallest absolute Gasteiger partial charge is 0.0631 e. The SMILES string of the molecule is CCCCC(C)Nc1c(Br)cccc1Br. The van der Waals surface area contributed by atoms with Crippen molar-refractivity contribution in [2.75, 3.05) is 5.32 Å². The maximum atomic E-state index is 3.55. The van der Waals surface area contributed by atoms with Gasteiger partial charge < -0.3 is 5.32 Å². The van der Waals surface area contributed by atoms with E-state index in [1.165, 1.54) is 19.3 Å². The van der Waals surface area contributed by atoms with Crippen molar-refractivity contribution in [3.63, 3.8) is 0 Å². The fraction of sp³-hybridized carbons (Fsp3) is 0.500. The molecule has 15 heavy (non-hydrogen) atoms. The Kier molecular flexibility index (Phi) is 5.69. The minimum Gasteiger partial charge on any atom is -0.381 e. The third-order valence-corrected chi connectivity index (χ3v) is 3.67. The van der Waals surface area contributed by atoms with Gasteiger partial charge in [-0.1, -0.05) is 25.8 Å². The third-order valence-electron chi connectivity index (χ3n) is 2.34. The first-order valence-corrected chi connectivity index (χ1v) is 6.94. The number of hydrogen-bond acceptors (Lipinski definition) is 1. The fourth-order valence-corrected chi connectivity index (χ4v) is 2.69. The van der Waals surface area contributed by atoms with Crippen LogP contribution in [0.1, 0.15) is 33.1 Å². The van der Waals surface area contributed by atoms with Crippen LogP contribution in [-0.4, -0.2) is 6.04 Å². The first-order valence-electron chi connectivity index (χ1n) is 5.35. The molecular weight excluding hydrogens is 318 g/mol. The van der Waals surface area contributed by atoms with E-state index >= 15 is 0 Å². The number of benzene rings is 1. The molecule has 3 heteroatoms. The normalized spacial score (nSPS) is 12.5. The first-order chi connectivity index (χ1) is 7.15. The van der Waals surface area contributed by atoms with Crippen molar-refractivity contribution in [3.05, 3.63) is 27.1 Å². The zero-order chi connectivity index (χ0) is 11.3. The van der Waals surface area contributed by atoms with E-state index in [-0.39, 0.29) is 0 Å². The number of anilines is 1. The molecule has 0 aliphatic rings. The van der Waals surface area contributed by atoms with E-state index in [0.717, 1.165) is 14.6 Å². The molecule has 84 valence electrons. The number of halogens is 2. The molecule has 0 aromatic heterocycles. The van der Waals surface area contributed by atoms with Crippen LogP contribution in [0.15, 0.2) is 27.1 Å². The maximum absolute atomic E-state index is 3.55. The van der Waals surface area contributed by atoms with Crippen LogP contribution in [0.5, 0.6) is 0 Å². The summed E-state index contributed by atoms with van der Waals surface area (Å²) < 4.78 is 2.22. The molecule has 0 saturated carbocycles. The molecule has 1 rings (SSSR count). The summed E-state index contributed by atoms with van der Waals surface area (Å²) in [6.45, 7) is 4.45. The van der Waals surface area contributed by atoms with Crippen molar-refractivity contribution in [1.82, 2.24) is 0 Å². The van der Waals surface area contributed by atoms with Gasteiger partial charge in [-0.25, -0.2) is 0 Å². The Morgan fingerprint density at radius 2 is 1.87 bits per heavy atom.